The Morgan fingerprint density at radius 3 is 1.56 bits per heavy atom. The fourth-order valence-electron chi connectivity index (χ4n) is 1.85. The Hall–Kier alpha value is -1.60. The van der Waals surface area contributed by atoms with Crippen molar-refractivity contribution in [1.29, 1.82) is 0 Å². The zero-order chi connectivity index (χ0) is 11.2. The molecule has 0 heterocycles. The number of hydrogen-bond donors (Lipinski definition) is 1. The van der Waals surface area contributed by atoms with Gasteiger partial charge in [-0.1, -0.05) is 60.7 Å². The Morgan fingerprint density at radius 1 is 0.750 bits per heavy atom. The maximum atomic E-state index is 9.14. The standard InChI is InChI=1S/C15H15O/c16-12-11-15(13-7-3-1-4-8-13)14-9-5-2-6-10-14/h1-10,16H,11-12H2. The van der Waals surface area contributed by atoms with Crippen molar-refractivity contribution >= 4 is 0 Å². The van der Waals surface area contributed by atoms with E-state index in [1.54, 1.807) is 0 Å². The molecule has 1 heteroatoms. The molecule has 0 atom stereocenters. The minimum absolute atomic E-state index is 0.180. The highest BCUT2D eigenvalue weighted by molar-refractivity contribution is 5.45. The quantitative estimate of drug-likeness (QED) is 0.824. The zero-order valence-electron chi connectivity index (χ0n) is 9.13. The molecule has 2 rings (SSSR count). The topological polar surface area (TPSA) is 20.2 Å². The van der Waals surface area contributed by atoms with Crippen LogP contribution in [0.3, 0.4) is 0 Å². The van der Waals surface area contributed by atoms with Crippen molar-refractivity contribution in [2.45, 2.75) is 6.42 Å². The van der Waals surface area contributed by atoms with Gasteiger partial charge >= 0.3 is 0 Å². The van der Waals surface area contributed by atoms with Crippen molar-refractivity contribution < 1.29 is 5.11 Å². The third-order valence-electron chi connectivity index (χ3n) is 2.61. The van der Waals surface area contributed by atoms with E-state index >= 15 is 0 Å². The average Bonchev–Trinajstić information content (AvgIpc) is 2.38. The fourth-order valence-corrected chi connectivity index (χ4v) is 1.85. The third kappa shape index (κ3) is 2.50. The summed E-state index contributed by atoms with van der Waals surface area (Å²) >= 11 is 0. The number of aliphatic hydroxyl groups excluding tert-OH is 1. The van der Waals surface area contributed by atoms with Gasteiger partial charge in [0.15, 0.2) is 0 Å². The summed E-state index contributed by atoms with van der Waals surface area (Å²) in [5.74, 6) is 1.20. The smallest absolute Gasteiger partial charge is 0.0443 e. The molecule has 2 aromatic carbocycles. The van der Waals surface area contributed by atoms with E-state index in [0.29, 0.717) is 6.42 Å². The molecule has 0 aliphatic heterocycles. The molecular formula is C15H15O. The van der Waals surface area contributed by atoms with E-state index in [9.17, 15) is 0 Å². The van der Waals surface area contributed by atoms with Crippen LogP contribution in [0.1, 0.15) is 17.5 Å². The van der Waals surface area contributed by atoms with E-state index in [2.05, 4.69) is 24.3 Å². The second-order valence-corrected chi connectivity index (χ2v) is 3.68. The Bertz CT molecular complexity index is 368. The minimum atomic E-state index is 0.180. The second kappa shape index (κ2) is 5.47. The van der Waals surface area contributed by atoms with E-state index in [-0.39, 0.29) is 6.61 Å². The first kappa shape index (κ1) is 10.9. The van der Waals surface area contributed by atoms with Gasteiger partial charge in [0, 0.05) is 12.5 Å². The first-order chi connectivity index (χ1) is 7.92. The van der Waals surface area contributed by atoms with E-state index in [0.717, 1.165) is 0 Å². The lowest BCUT2D eigenvalue weighted by atomic mass is 9.89. The summed E-state index contributed by atoms with van der Waals surface area (Å²) in [5, 5.41) is 9.14. The van der Waals surface area contributed by atoms with E-state index in [1.165, 1.54) is 17.0 Å². The summed E-state index contributed by atoms with van der Waals surface area (Å²) in [6, 6.07) is 20.4. The van der Waals surface area contributed by atoms with Crippen LogP contribution in [0, 0.1) is 5.92 Å². The molecule has 1 radical (unpaired) electrons. The fraction of sp³-hybridized carbons (Fsp3) is 0.133. The summed E-state index contributed by atoms with van der Waals surface area (Å²) in [6.07, 6.45) is 0.689. The van der Waals surface area contributed by atoms with Crippen molar-refractivity contribution in [1.82, 2.24) is 0 Å². The van der Waals surface area contributed by atoms with Gasteiger partial charge in [0.1, 0.15) is 0 Å². The number of hydrogen-bond acceptors (Lipinski definition) is 1. The molecule has 2 aromatic rings. The summed E-state index contributed by atoms with van der Waals surface area (Å²) in [6.45, 7) is 0.180. The molecule has 0 saturated carbocycles. The maximum Gasteiger partial charge on any atom is 0.0443 e. The van der Waals surface area contributed by atoms with E-state index < -0.39 is 0 Å². The van der Waals surface area contributed by atoms with Gasteiger partial charge in [0.2, 0.25) is 0 Å². The maximum absolute atomic E-state index is 9.14. The lowest BCUT2D eigenvalue weighted by Gasteiger charge is -2.15. The summed E-state index contributed by atoms with van der Waals surface area (Å²) < 4.78 is 0. The Balaban J connectivity index is 2.31. The normalized spacial score (nSPS) is 10.6. The highest BCUT2D eigenvalue weighted by Gasteiger charge is 2.13. The molecule has 0 unspecified atom stereocenters. The number of rotatable bonds is 4. The van der Waals surface area contributed by atoms with Crippen LogP contribution in [-0.4, -0.2) is 11.7 Å². The van der Waals surface area contributed by atoms with Gasteiger partial charge in [-0.15, -0.1) is 0 Å². The van der Waals surface area contributed by atoms with Gasteiger partial charge in [-0.25, -0.2) is 0 Å². The lowest BCUT2D eigenvalue weighted by Crippen LogP contribution is -2.04. The number of benzene rings is 2. The van der Waals surface area contributed by atoms with Crippen molar-refractivity contribution in [3.05, 3.63) is 77.7 Å². The second-order valence-electron chi connectivity index (χ2n) is 3.68. The first-order valence-corrected chi connectivity index (χ1v) is 5.49. The predicted molar refractivity (Wildman–Crippen MR) is 66.0 cm³/mol. The van der Waals surface area contributed by atoms with Crippen LogP contribution in [0.25, 0.3) is 0 Å². The third-order valence-corrected chi connectivity index (χ3v) is 2.61. The van der Waals surface area contributed by atoms with Crippen LogP contribution in [0.15, 0.2) is 60.7 Å². The van der Waals surface area contributed by atoms with Gasteiger partial charge in [0.25, 0.3) is 0 Å². The Labute approximate surface area is 96.4 Å². The van der Waals surface area contributed by atoms with Gasteiger partial charge in [0.05, 0.1) is 0 Å². The molecule has 1 nitrogen and oxygen atoms in total. The molecule has 1 N–H and O–H groups in total. The van der Waals surface area contributed by atoms with Gasteiger partial charge in [-0.2, -0.15) is 0 Å². The van der Waals surface area contributed by atoms with Crippen molar-refractivity contribution in [2.24, 2.45) is 0 Å². The Morgan fingerprint density at radius 2 is 1.19 bits per heavy atom. The van der Waals surface area contributed by atoms with Crippen LogP contribution >= 0.6 is 0 Å². The SMILES string of the molecule is OCC[C](c1ccccc1)c1ccccc1. The summed E-state index contributed by atoms with van der Waals surface area (Å²) in [4.78, 5) is 0. The van der Waals surface area contributed by atoms with E-state index in [1.807, 2.05) is 36.4 Å². The lowest BCUT2D eigenvalue weighted by molar-refractivity contribution is 0.295. The van der Waals surface area contributed by atoms with Crippen LogP contribution in [0.4, 0.5) is 0 Å². The highest BCUT2D eigenvalue weighted by atomic mass is 16.3. The van der Waals surface area contributed by atoms with Crippen LogP contribution < -0.4 is 0 Å². The first-order valence-electron chi connectivity index (χ1n) is 5.49. The molecule has 0 bridgehead atoms. The highest BCUT2D eigenvalue weighted by Crippen LogP contribution is 2.26. The van der Waals surface area contributed by atoms with Crippen molar-refractivity contribution in [3.63, 3.8) is 0 Å². The molecule has 0 amide bonds. The molecule has 0 aromatic heterocycles. The van der Waals surface area contributed by atoms with Crippen LogP contribution in [0.5, 0.6) is 0 Å². The average molecular weight is 211 g/mol. The molecular weight excluding hydrogens is 196 g/mol. The molecule has 81 valence electrons. The van der Waals surface area contributed by atoms with E-state index in [4.69, 9.17) is 5.11 Å². The zero-order valence-corrected chi connectivity index (χ0v) is 9.13. The summed E-state index contributed by atoms with van der Waals surface area (Å²) in [5.41, 5.74) is 2.37. The van der Waals surface area contributed by atoms with Crippen LogP contribution in [-0.2, 0) is 0 Å². The van der Waals surface area contributed by atoms with Crippen molar-refractivity contribution in [3.8, 4) is 0 Å². The molecule has 0 saturated heterocycles. The molecule has 0 aliphatic rings. The molecule has 16 heavy (non-hydrogen) atoms. The van der Waals surface area contributed by atoms with Crippen molar-refractivity contribution in [2.75, 3.05) is 6.61 Å². The Kier molecular flexibility index (Phi) is 3.73. The van der Waals surface area contributed by atoms with Gasteiger partial charge < -0.3 is 5.11 Å². The number of aliphatic hydroxyl groups is 1. The van der Waals surface area contributed by atoms with Gasteiger partial charge in [-0.05, 0) is 17.5 Å². The monoisotopic (exact) mass is 211 g/mol. The molecule has 0 spiro atoms. The predicted octanol–water partition coefficient (Wildman–Crippen LogP) is 3.04. The summed E-state index contributed by atoms with van der Waals surface area (Å²) in [7, 11) is 0. The van der Waals surface area contributed by atoms with Crippen LogP contribution in [0.2, 0.25) is 0 Å². The molecule has 0 fully saturated rings. The largest absolute Gasteiger partial charge is 0.396 e. The molecule has 0 aliphatic carbocycles. The minimum Gasteiger partial charge on any atom is -0.396 e. The van der Waals surface area contributed by atoms with Gasteiger partial charge in [-0.3, -0.25) is 0 Å².